The molecule has 0 bridgehead atoms. The fraction of sp³-hybridized carbons (Fsp3) is 0.923. The van der Waals surface area contributed by atoms with E-state index in [1.165, 1.54) is 0 Å². The van der Waals surface area contributed by atoms with E-state index in [9.17, 15) is 23.1 Å². The molecular weight excluding hydrogens is 275 g/mol. The topological polar surface area (TPSA) is 49.8 Å². The highest BCUT2D eigenvalue weighted by atomic mass is 19.4. The molecule has 1 N–H and O–H groups in total. The Labute approximate surface area is 115 Å². The SMILES string of the molecule is O=C(O)C1CCC2CCCCC2N1CCOC(F)(F)F. The summed E-state index contributed by atoms with van der Waals surface area (Å²) in [6.45, 7) is -0.478. The number of hydrogen-bond donors (Lipinski definition) is 1. The Kier molecular flexibility index (Phi) is 4.90. The maximum Gasteiger partial charge on any atom is 0.522 e. The zero-order valence-corrected chi connectivity index (χ0v) is 11.2. The number of rotatable bonds is 4. The second kappa shape index (κ2) is 6.30. The van der Waals surface area contributed by atoms with Crippen molar-refractivity contribution in [3.8, 4) is 0 Å². The van der Waals surface area contributed by atoms with Crippen molar-refractivity contribution in [1.82, 2.24) is 4.90 Å². The molecule has 2 rings (SSSR count). The van der Waals surface area contributed by atoms with Crippen molar-refractivity contribution < 1.29 is 27.8 Å². The fourth-order valence-electron chi connectivity index (χ4n) is 3.58. The Bertz CT molecular complexity index is 348. The summed E-state index contributed by atoms with van der Waals surface area (Å²) in [6.07, 6.45) is 0.797. The molecule has 20 heavy (non-hydrogen) atoms. The first kappa shape index (κ1) is 15.6. The van der Waals surface area contributed by atoms with Gasteiger partial charge in [0.05, 0.1) is 6.61 Å². The van der Waals surface area contributed by atoms with Crippen molar-refractivity contribution >= 4 is 5.97 Å². The Morgan fingerprint density at radius 1 is 1.20 bits per heavy atom. The van der Waals surface area contributed by atoms with Crippen molar-refractivity contribution in [1.29, 1.82) is 0 Å². The highest BCUT2D eigenvalue weighted by Gasteiger charge is 2.41. The molecule has 3 atom stereocenters. The van der Waals surface area contributed by atoms with Gasteiger partial charge in [0.15, 0.2) is 0 Å². The first-order valence-electron chi connectivity index (χ1n) is 7.08. The number of carboxylic acids is 1. The molecule has 0 aromatic rings. The van der Waals surface area contributed by atoms with Gasteiger partial charge in [0.2, 0.25) is 0 Å². The van der Waals surface area contributed by atoms with Crippen LogP contribution in [0.15, 0.2) is 0 Å². The number of piperidine rings is 1. The van der Waals surface area contributed by atoms with E-state index in [0.717, 1.165) is 32.1 Å². The average molecular weight is 295 g/mol. The third kappa shape index (κ3) is 3.85. The smallest absolute Gasteiger partial charge is 0.480 e. The van der Waals surface area contributed by atoms with Gasteiger partial charge in [0, 0.05) is 12.6 Å². The van der Waals surface area contributed by atoms with Gasteiger partial charge in [-0.1, -0.05) is 12.8 Å². The van der Waals surface area contributed by atoms with E-state index in [4.69, 9.17) is 0 Å². The van der Waals surface area contributed by atoms with Crippen LogP contribution >= 0.6 is 0 Å². The first-order chi connectivity index (χ1) is 9.38. The summed E-state index contributed by atoms with van der Waals surface area (Å²) in [6, 6.07) is -0.582. The van der Waals surface area contributed by atoms with Crippen molar-refractivity contribution in [2.75, 3.05) is 13.2 Å². The second-order valence-corrected chi connectivity index (χ2v) is 5.58. The van der Waals surface area contributed by atoms with E-state index in [1.54, 1.807) is 4.90 Å². The van der Waals surface area contributed by atoms with E-state index in [0.29, 0.717) is 12.3 Å². The molecule has 4 nitrogen and oxygen atoms in total. The van der Waals surface area contributed by atoms with Gasteiger partial charge >= 0.3 is 12.3 Å². The first-order valence-corrected chi connectivity index (χ1v) is 7.08. The van der Waals surface area contributed by atoms with Crippen LogP contribution in [0.4, 0.5) is 13.2 Å². The standard InChI is InChI=1S/C13H20F3NO3/c14-13(15,16)20-8-7-17-10-4-2-1-3-9(10)5-6-11(17)12(18)19/h9-11H,1-8H2,(H,18,19). The van der Waals surface area contributed by atoms with Crippen LogP contribution in [0, 0.1) is 5.92 Å². The third-order valence-corrected chi connectivity index (χ3v) is 4.41. The van der Waals surface area contributed by atoms with Crippen LogP contribution in [0.5, 0.6) is 0 Å². The molecule has 1 saturated heterocycles. The number of aliphatic carboxylic acids is 1. The zero-order valence-electron chi connectivity index (χ0n) is 11.2. The highest BCUT2D eigenvalue weighted by Crippen LogP contribution is 2.37. The predicted molar refractivity (Wildman–Crippen MR) is 65.1 cm³/mol. The number of hydrogen-bond acceptors (Lipinski definition) is 3. The Morgan fingerprint density at radius 2 is 1.90 bits per heavy atom. The second-order valence-electron chi connectivity index (χ2n) is 5.58. The third-order valence-electron chi connectivity index (χ3n) is 4.41. The number of nitrogens with zero attached hydrogens (tertiary/aromatic N) is 1. The van der Waals surface area contributed by atoms with Gasteiger partial charge in [0.1, 0.15) is 6.04 Å². The lowest BCUT2D eigenvalue weighted by atomic mass is 9.76. The highest BCUT2D eigenvalue weighted by molar-refractivity contribution is 5.73. The molecule has 7 heteroatoms. The number of carboxylic acid groups (broad SMARTS) is 1. The molecule has 0 amide bonds. The number of fused-ring (bicyclic) bond motifs is 1. The Balaban J connectivity index is 1.99. The summed E-state index contributed by atoms with van der Waals surface area (Å²) in [7, 11) is 0. The maximum atomic E-state index is 12.0. The molecule has 0 aromatic heterocycles. The van der Waals surface area contributed by atoms with E-state index < -0.39 is 25.0 Å². The minimum Gasteiger partial charge on any atom is -0.480 e. The van der Waals surface area contributed by atoms with Crippen LogP contribution in [-0.4, -0.2) is 47.6 Å². The lowest BCUT2D eigenvalue weighted by Crippen LogP contribution is -2.56. The molecule has 0 aromatic carbocycles. The van der Waals surface area contributed by atoms with Crippen LogP contribution in [0.25, 0.3) is 0 Å². The van der Waals surface area contributed by atoms with Gasteiger partial charge < -0.3 is 5.11 Å². The number of halogens is 3. The summed E-state index contributed by atoms with van der Waals surface area (Å²) in [5, 5.41) is 9.25. The van der Waals surface area contributed by atoms with Crippen molar-refractivity contribution in [2.24, 2.45) is 5.92 Å². The summed E-state index contributed by atoms with van der Waals surface area (Å²) >= 11 is 0. The molecule has 1 saturated carbocycles. The van der Waals surface area contributed by atoms with Crippen molar-refractivity contribution in [2.45, 2.75) is 57.0 Å². The minimum absolute atomic E-state index is 0.0254. The number of likely N-dealkylation sites (tertiary alicyclic amines) is 1. The van der Waals surface area contributed by atoms with Gasteiger partial charge in [-0.25, -0.2) is 0 Å². The van der Waals surface area contributed by atoms with Gasteiger partial charge in [-0.2, -0.15) is 0 Å². The van der Waals surface area contributed by atoms with Gasteiger partial charge in [-0.3, -0.25) is 14.4 Å². The normalized spacial score (nSPS) is 31.9. The number of alkyl halides is 3. The molecule has 1 heterocycles. The largest absolute Gasteiger partial charge is 0.522 e. The van der Waals surface area contributed by atoms with Crippen LogP contribution in [0.2, 0.25) is 0 Å². The van der Waals surface area contributed by atoms with Crippen LogP contribution < -0.4 is 0 Å². The number of carbonyl (C=O) groups is 1. The van der Waals surface area contributed by atoms with E-state index in [1.807, 2.05) is 0 Å². The Hall–Kier alpha value is -0.820. The quantitative estimate of drug-likeness (QED) is 0.866. The lowest BCUT2D eigenvalue weighted by molar-refractivity contribution is -0.325. The molecule has 1 aliphatic carbocycles. The van der Waals surface area contributed by atoms with Gasteiger partial charge in [-0.15, -0.1) is 13.2 Å². The predicted octanol–water partition coefficient (Wildman–Crippen LogP) is 2.63. The van der Waals surface area contributed by atoms with Crippen LogP contribution in [-0.2, 0) is 9.53 Å². The molecule has 1 aliphatic heterocycles. The van der Waals surface area contributed by atoms with Crippen molar-refractivity contribution in [3.05, 3.63) is 0 Å². The number of ether oxygens (including phenoxy) is 1. The average Bonchev–Trinajstić information content (AvgIpc) is 2.37. The molecule has 116 valence electrons. The van der Waals surface area contributed by atoms with Crippen LogP contribution in [0.3, 0.4) is 0 Å². The summed E-state index contributed by atoms with van der Waals surface area (Å²) in [4.78, 5) is 13.0. The monoisotopic (exact) mass is 295 g/mol. The fourth-order valence-corrected chi connectivity index (χ4v) is 3.58. The lowest BCUT2D eigenvalue weighted by Gasteiger charge is -2.47. The molecule has 0 radical (unpaired) electrons. The van der Waals surface area contributed by atoms with Crippen LogP contribution in [0.1, 0.15) is 38.5 Å². The molecule has 0 spiro atoms. The maximum absolute atomic E-state index is 12.0. The zero-order chi connectivity index (χ0) is 14.8. The Morgan fingerprint density at radius 3 is 2.55 bits per heavy atom. The summed E-state index contributed by atoms with van der Waals surface area (Å²) in [5.74, 6) is -0.522. The molecule has 2 fully saturated rings. The van der Waals surface area contributed by atoms with Gasteiger partial charge in [0.25, 0.3) is 0 Å². The van der Waals surface area contributed by atoms with Gasteiger partial charge in [-0.05, 0) is 31.6 Å². The molecule has 2 aliphatic rings. The van der Waals surface area contributed by atoms with E-state index in [2.05, 4.69) is 4.74 Å². The summed E-state index contributed by atoms with van der Waals surface area (Å²) < 4.78 is 39.9. The van der Waals surface area contributed by atoms with Crippen molar-refractivity contribution in [3.63, 3.8) is 0 Å². The summed E-state index contributed by atoms with van der Waals surface area (Å²) in [5.41, 5.74) is 0. The minimum atomic E-state index is -4.65. The van der Waals surface area contributed by atoms with E-state index >= 15 is 0 Å². The molecular formula is C13H20F3NO3. The molecule has 3 unspecified atom stereocenters. The van der Waals surface area contributed by atoms with E-state index in [-0.39, 0.29) is 12.6 Å².